The van der Waals surface area contributed by atoms with Crippen LogP contribution in [0.4, 0.5) is 4.39 Å². The fourth-order valence-corrected chi connectivity index (χ4v) is 4.87. The first-order chi connectivity index (χ1) is 16.7. The number of nitrogens with one attached hydrogen (secondary N) is 2. The van der Waals surface area contributed by atoms with Crippen molar-refractivity contribution in [3.63, 3.8) is 0 Å². The Morgan fingerprint density at radius 2 is 1.80 bits per heavy atom. The summed E-state index contributed by atoms with van der Waals surface area (Å²) in [6.45, 7) is 4.34. The molecule has 2 N–H and O–H groups in total. The number of fused-ring (bicyclic) bond motifs is 1. The summed E-state index contributed by atoms with van der Waals surface area (Å²) in [5.74, 6) is -2.85. The lowest BCUT2D eigenvalue weighted by atomic mass is 10.0. The number of nitrogens with zero attached hydrogens (tertiary/aromatic N) is 1. The monoisotopic (exact) mass is 499 g/mol. The van der Waals surface area contributed by atoms with E-state index < -0.39 is 26.6 Å². The van der Waals surface area contributed by atoms with E-state index in [0.29, 0.717) is 36.9 Å². The molecular weight excluding hydrogens is 477 g/mol. The molecule has 0 unspecified atom stereocenters. The highest BCUT2D eigenvalue weighted by atomic mass is 32.2. The van der Waals surface area contributed by atoms with Gasteiger partial charge in [0, 0.05) is 30.1 Å². The molecule has 0 spiro atoms. The summed E-state index contributed by atoms with van der Waals surface area (Å²) in [5.41, 5.74) is 0.559. The second kappa shape index (κ2) is 9.71. The van der Waals surface area contributed by atoms with Gasteiger partial charge >= 0.3 is 5.91 Å². The van der Waals surface area contributed by atoms with Crippen molar-refractivity contribution in [2.45, 2.75) is 23.8 Å². The molecule has 11 heteroatoms. The molecule has 3 aromatic rings. The SMILES string of the molecule is C=CC(=O)NC1CCN(C(=O)c2ccc3cc(C(=O)NS(=O)(=O)c4ccccc4F)oc3c2)CC1. The summed E-state index contributed by atoms with van der Waals surface area (Å²) < 4.78 is 45.9. The van der Waals surface area contributed by atoms with E-state index in [1.807, 2.05) is 0 Å². The van der Waals surface area contributed by atoms with Crippen LogP contribution in [0.3, 0.4) is 0 Å². The lowest BCUT2D eigenvalue weighted by Crippen LogP contribution is -2.46. The largest absolute Gasteiger partial charge is 0.451 e. The van der Waals surface area contributed by atoms with Crippen LogP contribution in [-0.4, -0.2) is 50.2 Å². The van der Waals surface area contributed by atoms with Crippen LogP contribution in [0.15, 0.2) is 70.5 Å². The molecule has 0 atom stereocenters. The van der Waals surface area contributed by atoms with Crippen LogP contribution in [-0.2, 0) is 14.8 Å². The normalized spacial score (nSPS) is 14.5. The quantitative estimate of drug-likeness (QED) is 0.502. The first-order valence-electron chi connectivity index (χ1n) is 10.8. The van der Waals surface area contributed by atoms with Crippen LogP contribution >= 0.6 is 0 Å². The fourth-order valence-electron chi connectivity index (χ4n) is 3.84. The second-order valence-electron chi connectivity index (χ2n) is 8.01. The smallest absolute Gasteiger partial charge is 0.300 e. The van der Waals surface area contributed by atoms with Gasteiger partial charge in [-0.15, -0.1) is 0 Å². The predicted molar refractivity (Wildman–Crippen MR) is 125 cm³/mol. The predicted octanol–water partition coefficient (Wildman–Crippen LogP) is 2.60. The van der Waals surface area contributed by atoms with Gasteiger partial charge < -0.3 is 14.6 Å². The maximum atomic E-state index is 13.9. The lowest BCUT2D eigenvalue weighted by Gasteiger charge is -2.32. The van der Waals surface area contributed by atoms with E-state index in [9.17, 15) is 27.2 Å². The van der Waals surface area contributed by atoms with Gasteiger partial charge in [0.25, 0.3) is 15.9 Å². The van der Waals surface area contributed by atoms with Gasteiger partial charge in [0.1, 0.15) is 16.3 Å². The van der Waals surface area contributed by atoms with Crippen molar-refractivity contribution in [1.82, 2.24) is 14.9 Å². The number of furan rings is 1. The highest BCUT2D eigenvalue weighted by molar-refractivity contribution is 7.90. The van der Waals surface area contributed by atoms with Crippen LogP contribution in [0.1, 0.15) is 33.8 Å². The molecule has 35 heavy (non-hydrogen) atoms. The van der Waals surface area contributed by atoms with Gasteiger partial charge in [-0.3, -0.25) is 14.4 Å². The number of halogens is 1. The molecule has 9 nitrogen and oxygen atoms in total. The Morgan fingerprint density at radius 1 is 1.09 bits per heavy atom. The molecule has 0 aliphatic carbocycles. The van der Waals surface area contributed by atoms with E-state index in [0.717, 1.165) is 12.1 Å². The maximum Gasteiger partial charge on any atom is 0.300 e. The summed E-state index contributed by atoms with van der Waals surface area (Å²) in [6, 6.07) is 10.6. The number of sulfonamides is 1. The van der Waals surface area contributed by atoms with E-state index in [4.69, 9.17) is 4.42 Å². The summed E-state index contributed by atoms with van der Waals surface area (Å²) in [5, 5.41) is 3.31. The molecule has 2 heterocycles. The molecule has 1 fully saturated rings. The third-order valence-corrected chi connectivity index (χ3v) is 7.02. The third kappa shape index (κ3) is 5.24. The van der Waals surface area contributed by atoms with Crippen molar-refractivity contribution in [3.8, 4) is 0 Å². The van der Waals surface area contributed by atoms with Crippen LogP contribution in [0, 0.1) is 5.82 Å². The molecule has 3 amide bonds. The Labute approximate surface area is 200 Å². The highest BCUT2D eigenvalue weighted by Gasteiger charge is 2.26. The minimum atomic E-state index is -4.45. The lowest BCUT2D eigenvalue weighted by molar-refractivity contribution is -0.117. The number of likely N-dealkylation sites (tertiary alicyclic amines) is 1. The van der Waals surface area contributed by atoms with Crippen molar-refractivity contribution < 1.29 is 31.6 Å². The zero-order chi connectivity index (χ0) is 25.2. The van der Waals surface area contributed by atoms with Gasteiger partial charge in [0.05, 0.1) is 0 Å². The standard InChI is InChI=1S/C24H22FN3O6S/c1-2-22(29)26-17-9-11-28(12-10-17)24(31)16-8-7-15-13-20(34-19(15)14-16)23(30)27-35(32,33)21-6-4-3-5-18(21)25/h2-8,13-14,17H,1,9-12H2,(H,26,29)(H,27,30). The zero-order valence-corrected chi connectivity index (χ0v) is 19.3. The number of rotatable bonds is 6. The molecule has 182 valence electrons. The van der Waals surface area contributed by atoms with Gasteiger partial charge in [0.2, 0.25) is 5.91 Å². The molecule has 1 aliphatic heterocycles. The number of hydrogen-bond donors (Lipinski definition) is 2. The van der Waals surface area contributed by atoms with Crippen LogP contribution in [0.2, 0.25) is 0 Å². The molecular formula is C24H22FN3O6S. The van der Waals surface area contributed by atoms with Gasteiger partial charge in [0.15, 0.2) is 5.76 Å². The first kappa shape index (κ1) is 24.1. The third-order valence-electron chi connectivity index (χ3n) is 5.66. The summed E-state index contributed by atoms with van der Waals surface area (Å²) >= 11 is 0. The average Bonchev–Trinajstić information content (AvgIpc) is 3.27. The molecule has 4 rings (SSSR count). The van der Waals surface area contributed by atoms with E-state index in [1.165, 1.54) is 30.3 Å². The molecule has 0 radical (unpaired) electrons. The number of carbonyl (C=O) groups is 3. The zero-order valence-electron chi connectivity index (χ0n) is 18.5. The Morgan fingerprint density at radius 3 is 2.49 bits per heavy atom. The number of hydrogen-bond acceptors (Lipinski definition) is 6. The molecule has 1 saturated heterocycles. The number of amides is 3. The van der Waals surface area contributed by atoms with E-state index in [2.05, 4.69) is 11.9 Å². The van der Waals surface area contributed by atoms with Crippen molar-refractivity contribution in [2.75, 3.05) is 13.1 Å². The maximum absolute atomic E-state index is 13.9. The minimum Gasteiger partial charge on any atom is -0.451 e. The minimum absolute atomic E-state index is 0.0289. The van der Waals surface area contributed by atoms with Crippen LogP contribution in [0.5, 0.6) is 0 Å². The van der Waals surface area contributed by atoms with Crippen LogP contribution < -0.4 is 10.0 Å². The van der Waals surface area contributed by atoms with Gasteiger partial charge in [-0.1, -0.05) is 24.8 Å². The second-order valence-corrected chi connectivity index (χ2v) is 9.66. The van der Waals surface area contributed by atoms with Gasteiger partial charge in [-0.2, -0.15) is 0 Å². The summed E-state index contributed by atoms with van der Waals surface area (Å²) in [6.07, 6.45) is 2.42. The van der Waals surface area contributed by atoms with E-state index >= 15 is 0 Å². The van der Waals surface area contributed by atoms with Crippen molar-refractivity contribution >= 4 is 38.7 Å². The molecule has 1 aromatic heterocycles. The fraction of sp³-hybridized carbons (Fsp3) is 0.208. The Kier molecular flexibility index (Phi) is 6.70. The average molecular weight is 500 g/mol. The molecule has 1 aliphatic rings. The Bertz CT molecular complexity index is 1420. The Hall–Kier alpha value is -3.99. The topological polar surface area (TPSA) is 126 Å². The van der Waals surface area contributed by atoms with Gasteiger partial charge in [-0.05, 0) is 49.2 Å². The number of carbonyl (C=O) groups excluding carboxylic acids is 3. The number of benzene rings is 2. The van der Waals surface area contributed by atoms with Crippen LogP contribution in [0.25, 0.3) is 11.0 Å². The van der Waals surface area contributed by atoms with Crippen molar-refractivity contribution in [3.05, 3.63) is 78.3 Å². The summed E-state index contributed by atoms with van der Waals surface area (Å²) in [7, 11) is -4.45. The van der Waals surface area contributed by atoms with E-state index in [1.54, 1.807) is 21.8 Å². The molecule has 2 aromatic carbocycles. The molecule has 0 saturated carbocycles. The summed E-state index contributed by atoms with van der Waals surface area (Å²) in [4.78, 5) is 37.9. The molecule has 0 bridgehead atoms. The van der Waals surface area contributed by atoms with Gasteiger partial charge in [-0.25, -0.2) is 17.5 Å². The first-order valence-corrected chi connectivity index (χ1v) is 12.2. The Balaban J connectivity index is 1.46. The van der Waals surface area contributed by atoms with Crippen molar-refractivity contribution in [1.29, 1.82) is 0 Å². The van der Waals surface area contributed by atoms with E-state index in [-0.39, 0.29) is 29.2 Å². The van der Waals surface area contributed by atoms with Crippen molar-refractivity contribution in [2.24, 2.45) is 0 Å². The highest BCUT2D eigenvalue weighted by Crippen LogP contribution is 2.23. The number of piperidine rings is 1.